The number of H-pyrrole nitrogens is 1. The van der Waals surface area contributed by atoms with E-state index in [9.17, 15) is 9.90 Å². The van der Waals surface area contributed by atoms with E-state index in [1.807, 2.05) is 30.3 Å². The monoisotopic (exact) mass is 245 g/mol. The Labute approximate surface area is 102 Å². The zero-order valence-electron chi connectivity index (χ0n) is 8.70. The van der Waals surface area contributed by atoms with Crippen LogP contribution in [0.2, 0.25) is 5.02 Å². The van der Waals surface area contributed by atoms with E-state index < -0.39 is 5.97 Å². The Morgan fingerprint density at radius 3 is 2.65 bits per heavy atom. The van der Waals surface area contributed by atoms with Crippen molar-refractivity contribution in [3.8, 4) is 0 Å². The highest BCUT2D eigenvalue weighted by Gasteiger charge is 2.16. The van der Waals surface area contributed by atoms with Crippen LogP contribution in [0.5, 0.6) is 0 Å². The lowest BCUT2D eigenvalue weighted by Gasteiger charge is -2.00. The van der Waals surface area contributed by atoms with Crippen LogP contribution in [0.25, 0.3) is 21.8 Å². The van der Waals surface area contributed by atoms with Crippen molar-refractivity contribution >= 4 is 39.4 Å². The van der Waals surface area contributed by atoms with Crippen molar-refractivity contribution in [1.82, 2.24) is 4.98 Å². The summed E-state index contributed by atoms with van der Waals surface area (Å²) in [6.45, 7) is 0. The molecule has 3 rings (SSSR count). The third-order valence-corrected chi connectivity index (χ3v) is 3.16. The minimum Gasteiger partial charge on any atom is -0.478 e. The highest BCUT2D eigenvalue weighted by atomic mass is 35.5. The Morgan fingerprint density at radius 2 is 1.88 bits per heavy atom. The van der Waals surface area contributed by atoms with Gasteiger partial charge in [-0.1, -0.05) is 35.9 Å². The molecule has 0 unspecified atom stereocenters. The lowest BCUT2D eigenvalue weighted by molar-refractivity contribution is 0.0699. The molecule has 0 spiro atoms. The number of halogens is 1. The number of carboxylic acid groups (broad SMARTS) is 1. The zero-order chi connectivity index (χ0) is 12.0. The summed E-state index contributed by atoms with van der Waals surface area (Å²) in [4.78, 5) is 14.3. The third kappa shape index (κ3) is 1.40. The summed E-state index contributed by atoms with van der Waals surface area (Å²) in [6, 6.07) is 11.1. The number of hydrogen-bond acceptors (Lipinski definition) is 1. The van der Waals surface area contributed by atoms with Crippen LogP contribution in [-0.2, 0) is 0 Å². The standard InChI is InChI=1S/C13H8ClNO2/c14-9-6-5-8-7-3-1-2-4-10(7)15-12(8)11(9)13(16)17/h1-6,15H,(H,16,17). The summed E-state index contributed by atoms with van der Waals surface area (Å²) >= 11 is 5.92. The largest absolute Gasteiger partial charge is 0.478 e. The molecule has 3 aromatic rings. The van der Waals surface area contributed by atoms with Crippen LogP contribution in [-0.4, -0.2) is 16.1 Å². The van der Waals surface area contributed by atoms with Gasteiger partial charge in [-0.2, -0.15) is 0 Å². The number of hydrogen-bond donors (Lipinski definition) is 2. The first-order valence-electron chi connectivity index (χ1n) is 5.10. The van der Waals surface area contributed by atoms with Crippen LogP contribution in [0, 0.1) is 0 Å². The highest BCUT2D eigenvalue weighted by Crippen LogP contribution is 2.31. The van der Waals surface area contributed by atoms with Gasteiger partial charge in [0.05, 0.1) is 10.5 Å². The number of nitrogens with one attached hydrogen (secondary N) is 1. The predicted molar refractivity (Wildman–Crippen MR) is 67.8 cm³/mol. The second-order valence-electron chi connectivity index (χ2n) is 3.82. The topological polar surface area (TPSA) is 53.1 Å². The van der Waals surface area contributed by atoms with Crippen molar-refractivity contribution in [2.75, 3.05) is 0 Å². The van der Waals surface area contributed by atoms with Crippen LogP contribution in [0.3, 0.4) is 0 Å². The van der Waals surface area contributed by atoms with E-state index in [1.54, 1.807) is 6.07 Å². The molecular weight excluding hydrogens is 238 g/mol. The van der Waals surface area contributed by atoms with Gasteiger partial charge in [-0.15, -0.1) is 0 Å². The van der Waals surface area contributed by atoms with Gasteiger partial charge in [0, 0.05) is 16.3 Å². The molecule has 0 bridgehead atoms. The Kier molecular flexibility index (Phi) is 2.09. The lowest BCUT2D eigenvalue weighted by atomic mass is 10.1. The van der Waals surface area contributed by atoms with Crippen LogP contribution < -0.4 is 0 Å². The van der Waals surface area contributed by atoms with E-state index in [2.05, 4.69) is 4.98 Å². The smallest absolute Gasteiger partial charge is 0.339 e. The molecule has 1 aromatic heterocycles. The van der Waals surface area contributed by atoms with Gasteiger partial charge in [-0.05, 0) is 12.1 Å². The molecule has 1 heterocycles. The lowest BCUT2D eigenvalue weighted by Crippen LogP contribution is -1.98. The number of aromatic nitrogens is 1. The first-order valence-corrected chi connectivity index (χ1v) is 5.48. The first-order chi connectivity index (χ1) is 8.18. The fraction of sp³-hybridized carbons (Fsp3) is 0. The molecule has 84 valence electrons. The number of para-hydroxylation sites is 1. The van der Waals surface area contributed by atoms with Crippen molar-refractivity contribution in [2.24, 2.45) is 0 Å². The van der Waals surface area contributed by atoms with Crippen LogP contribution in [0.1, 0.15) is 10.4 Å². The highest BCUT2D eigenvalue weighted by molar-refractivity contribution is 6.35. The maximum atomic E-state index is 11.2. The zero-order valence-corrected chi connectivity index (χ0v) is 9.45. The SMILES string of the molecule is O=C(O)c1c(Cl)ccc2c1[nH]c1ccccc12. The molecule has 0 atom stereocenters. The molecule has 0 aliphatic rings. The van der Waals surface area contributed by atoms with Gasteiger partial charge in [0.1, 0.15) is 5.56 Å². The van der Waals surface area contributed by atoms with Crippen molar-refractivity contribution in [1.29, 1.82) is 0 Å². The van der Waals surface area contributed by atoms with E-state index in [-0.39, 0.29) is 10.6 Å². The Hall–Kier alpha value is -2.00. The van der Waals surface area contributed by atoms with Crippen molar-refractivity contribution in [3.63, 3.8) is 0 Å². The van der Waals surface area contributed by atoms with Gasteiger partial charge in [0.25, 0.3) is 0 Å². The number of aromatic carboxylic acids is 1. The van der Waals surface area contributed by atoms with E-state index in [0.717, 1.165) is 16.3 Å². The molecule has 0 saturated heterocycles. The molecular formula is C13H8ClNO2. The molecule has 0 radical (unpaired) electrons. The van der Waals surface area contributed by atoms with Crippen LogP contribution in [0.4, 0.5) is 0 Å². The van der Waals surface area contributed by atoms with Gasteiger partial charge in [-0.25, -0.2) is 4.79 Å². The van der Waals surface area contributed by atoms with E-state index in [1.165, 1.54) is 0 Å². The second kappa shape index (κ2) is 3.50. The summed E-state index contributed by atoms with van der Waals surface area (Å²) in [5, 5.41) is 11.3. The van der Waals surface area contributed by atoms with Crippen molar-refractivity contribution < 1.29 is 9.90 Å². The molecule has 2 N–H and O–H groups in total. The molecule has 0 fully saturated rings. The quantitative estimate of drug-likeness (QED) is 0.687. The average Bonchev–Trinajstić information content (AvgIpc) is 2.66. The molecule has 4 heteroatoms. The van der Waals surface area contributed by atoms with Gasteiger partial charge < -0.3 is 10.1 Å². The average molecular weight is 246 g/mol. The third-order valence-electron chi connectivity index (χ3n) is 2.85. The molecule has 0 aliphatic heterocycles. The molecule has 3 nitrogen and oxygen atoms in total. The number of aromatic amines is 1. The molecule has 0 aliphatic carbocycles. The van der Waals surface area contributed by atoms with Gasteiger partial charge in [-0.3, -0.25) is 0 Å². The molecule has 0 amide bonds. The maximum absolute atomic E-state index is 11.2. The number of fused-ring (bicyclic) bond motifs is 3. The maximum Gasteiger partial charge on any atom is 0.339 e. The Morgan fingerprint density at radius 1 is 1.12 bits per heavy atom. The number of benzene rings is 2. The summed E-state index contributed by atoms with van der Waals surface area (Å²) in [5.74, 6) is -1.02. The Balaban J connectivity index is 2.56. The van der Waals surface area contributed by atoms with Crippen molar-refractivity contribution in [2.45, 2.75) is 0 Å². The van der Waals surface area contributed by atoms with Crippen LogP contribution in [0.15, 0.2) is 36.4 Å². The molecule has 17 heavy (non-hydrogen) atoms. The number of rotatable bonds is 1. The van der Waals surface area contributed by atoms with Gasteiger partial charge in [0.15, 0.2) is 0 Å². The van der Waals surface area contributed by atoms with E-state index >= 15 is 0 Å². The Bertz CT molecular complexity index is 746. The fourth-order valence-electron chi connectivity index (χ4n) is 2.10. The summed E-state index contributed by atoms with van der Waals surface area (Å²) in [6.07, 6.45) is 0. The van der Waals surface area contributed by atoms with Crippen molar-refractivity contribution in [3.05, 3.63) is 47.0 Å². The van der Waals surface area contributed by atoms with Crippen LogP contribution >= 0.6 is 11.6 Å². The number of carbonyl (C=O) groups is 1. The minimum absolute atomic E-state index is 0.125. The fourth-order valence-corrected chi connectivity index (χ4v) is 2.34. The summed E-state index contributed by atoms with van der Waals surface area (Å²) in [5.41, 5.74) is 1.61. The number of carboxylic acids is 1. The summed E-state index contributed by atoms with van der Waals surface area (Å²) < 4.78 is 0. The minimum atomic E-state index is -1.02. The van der Waals surface area contributed by atoms with Gasteiger partial charge >= 0.3 is 5.97 Å². The van der Waals surface area contributed by atoms with Gasteiger partial charge in [0.2, 0.25) is 0 Å². The first kappa shape index (κ1) is 10.2. The normalized spacial score (nSPS) is 11.1. The summed E-state index contributed by atoms with van der Waals surface area (Å²) in [7, 11) is 0. The van der Waals surface area contributed by atoms with E-state index in [4.69, 9.17) is 11.6 Å². The van der Waals surface area contributed by atoms with E-state index in [0.29, 0.717) is 5.52 Å². The molecule has 0 saturated carbocycles. The predicted octanol–water partition coefficient (Wildman–Crippen LogP) is 3.67. The molecule has 2 aromatic carbocycles. The second-order valence-corrected chi connectivity index (χ2v) is 4.23.